The standard InChI is InChI=1S/4C12H11BN6P3.4C7H8.2Co/c4*1-2-4-12(5-3-1)13(17-9-20-6-14-17,18-10-21-7-15-18)19-11-22-8-16-19;4*1-7-5-3-2-4-6-7;;/h4*1-11H;4*2-6H,1H3;;/q4*-1;;;;;2*+2. The Labute approximate surface area is 725 Å². The van der Waals surface area contributed by atoms with Gasteiger partial charge in [0.2, 0.25) is 0 Å². The molecule has 0 bridgehead atoms. The quantitative estimate of drug-likeness (QED) is 0.0826. The molecule has 12 aromatic heterocycles. The summed E-state index contributed by atoms with van der Waals surface area (Å²) in [7, 11) is 12.8. The van der Waals surface area contributed by atoms with Crippen LogP contribution < -0.4 is 21.9 Å². The number of hydrogen-bond acceptors (Lipinski definition) is 12. The molecule has 0 fully saturated rings. The molecule has 0 aliphatic carbocycles. The number of aromatic nitrogens is 24. The zero-order valence-electron chi connectivity index (χ0n) is 64.0. The SMILES string of the molecule is Cc1ccccc1.Cc1ccccc1.Cc1ccccc1.Cc1ccccc1.[Co+2].[Co+2].c1ccc([B-](n2cpcn2)(n2cpcn2)n2cpcn2)cc1.c1ccc([B-](n2cpcn2)(n2cpcn2)n2cpcn2)cc1.c1ccc([B-](n2cpcn2)(n2cpcn2)n2cpcn2)cc1.c1ccc([B-](n2cpcn2)(n2cpcn2)n2cpcn2)cc1. The molecule has 590 valence electrons. The van der Waals surface area contributed by atoms with Crippen molar-refractivity contribution in [1.29, 1.82) is 0 Å². The van der Waals surface area contributed by atoms with E-state index in [1.807, 2.05) is 272 Å². The average molecular weight is 1860 g/mol. The first-order chi connectivity index (χ1) is 57.3. The second-order valence-electron chi connectivity index (χ2n) is 25.7. The maximum Gasteiger partial charge on any atom is 2.00 e. The molecule has 0 atom stereocenters. The molecule has 0 N–H and O–H groups in total. The Kier molecular flexibility index (Phi) is 35.1. The fourth-order valence-electron chi connectivity index (χ4n) is 13.1. The Morgan fingerprint density at radius 1 is 0.161 bits per heavy atom. The molecule has 0 unspecified atom stereocenters. The molecule has 20 aromatic rings. The summed E-state index contributed by atoms with van der Waals surface area (Å²) in [5.74, 6) is 47.3. The van der Waals surface area contributed by atoms with E-state index < -0.39 is 26.2 Å². The van der Waals surface area contributed by atoms with Crippen molar-refractivity contribution in [3.05, 3.63) is 407 Å². The molecule has 0 amide bonds. The number of rotatable bonds is 16. The molecule has 2 radical (unpaired) electrons. The molecule has 8 aromatic carbocycles. The van der Waals surface area contributed by atoms with Crippen LogP contribution in [0, 0.1) is 27.7 Å². The van der Waals surface area contributed by atoms with Gasteiger partial charge in [0.1, 0.15) is 0 Å². The van der Waals surface area contributed by atoms with Gasteiger partial charge in [-0.2, -0.15) is 0 Å². The van der Waals surface area contributed by atoms with Crippen molar-refractivity contribution in [3.8, 4) is 0 Å². The van der Waals surface area contributed by atoms with Crippen LogP contribution in [0.15, 0.2) is 385 Å². The van der Waals surface area contributed by atoms with Crippen LogP contribution in [0.4, 0.5) is 0 Å². The third-order valence-electron chi connectivity index (χ3n) is 18.4. The first kappa shape index (κ1) is 89.5. The van der Waals surface area contributed by atoms with Gasteiger partial charge in [-0.1, -0.05) is 265 Å². The minimum Gasteiger partial charge on any atom is -0.392 e. The maximum atomic E-state index is 4.56. The molecule has 24 nitrogen and oxygen atoms in total. The monoisotopic (exact) mass is 1860 g/mol. The summed E-state index contributed by atoms with van der Waals surface area (Å²) in [6.07, 6.45) is 0. The molecule has 0 aliphatic rings. The Morgan fingerprint density at radius 2 is 0.263 bits per heavy atom. The minimum atomic E-state index is -1.61. The number of hydrogen-bond donors (Lipinski definition) is 0. The Balaban J connectivity index is 0.000000138. The number of aryl methyl sites for hydroxylation is 4. The van der Waals surface area contributed by atoms with E-state index in [9.17, 15) is 0 Å². The smallest absolute Gasteiger partial charge is 0.392 e. The van der Waals surface area contributed by atoms with Gasteiger partial charge in [-0.05, 0) is 126 Å². The summed E-state index contributed by atoms with van der Waals surface area (Å²) in [6, 6.07) is 82.3. The summed E-state index contributed by atoms with van der Waals surface area (Å²) >= 11 is 0. The molecule has 0 saturated carbocycles. The molecule has 0 saturated heterocycles. The second kappa shape index (κ2) is 46.3. The Bertz CT molecular complexity index is 4820. The van der Waals surface area contributed by atoms with Gasteiger partial charge in [0.05, 0.1) is 71.1 Å². The normalized spacial score (nSPS) is 13.2. The van der Waals surface area contributed by atoms with E-state index in [0.717, 1.165) is 120 Å². The van der Waals surface area contributed by atoms with Crippen molar-refractivity contribution in [2.75, 3.05) is 0 Å². The van der Waals surface area contributed by atoms with Gasteiger partial charge in [0, 0.05) is 71.1 Å². The fraction of sp³-hybridized carbons (Fsp3) is 0.0526. The average Bonchev–Trinajstić information content (AvgIpc) is 1.54. The van der Waals surface area contributed by atoms with E-state index in [1.165, 1.54) is 22.3 Å². The van der Waals surface area contributed by atoms with Gasteiger partial charge in [-0.15, -0.1) is 21.9 Å². The van der Waals surface area contributed by atoms with Crippen LogP contribution in [0.25, 0.3) is 0 Å². The van der Waals surface area contributed by atoms with Crippen molar-refractivity contribution in [2.45, 2.75) is 27.7 Å². The van der Waals surface area contributed by atoms with Gasteiger partial charge >= 0.3 is 59.8 Å². The maximum absolute atomic E-state index is 4.56. The van der Waals surface area contributed by atoms with Gasteiger partial charge < -0.3 is 55.1 Å². The van der Waals surface area contributed by atoms with E-state index in [0.29, 0.717) is 0 Å². The first-order valence-corrected chi connectivity index (χ1v) is 48.7. The van der Waals surface area contributed by atoms with Crippen LogP contribution in [0.3, 0.4) is 0 Å². The molecule has 20 rings (SSSR count). The summed E-state index contributed by atoms with van der Waals surface area (Å²) in [5, 5.41) is 54.8. The Hall–Kier alpha value is -9.29. The van der Waals surface area contributed by atoms with Crippen LogP contribution in [0.2, 0.25) is 0 Å². The van der Waals surface area contributed by atoms with Crippen LogP contribution in [0.1, 0.15) is 22.3 Å². The summed E-state index contributed by atoms with van der Waals surface area (Å²) < 4.78 is 23.8. The van der Waals surface area contributed by atoms with Gasteiger partial charge in [-0.25, -0.2) is 61.2 Å². The summed E-state index contributed by atoms with van der Waals surface area (Å²) in [4.78, 5) is 0. The molecule has 118 heavy (non-hydrogen) atoms. The van der Waals surface area contributed by atoms with E-state index in [1.54, 1.807) is 0 Å². The van der Waals surface area contributed by atoms with Crippen LogP contribution in [-0.4, -0.2) is 143 Å². The van der Waals surface area contributed by atoms with Crippen molar-refractivity contribution in [1.82, 2.24) is 116 Å². The molecule has 42 heteroatoms. The number of benzene rings is 8. The van der Waals surface area contributed by atoms with E-state index in [4.69, 9.17) is 0 Å². The fourth-order valence-corrected chi connectivity index (χ4v) is 20.6. The van der Waals surface area contributed by atoms with E-state index in [-0.39, 0.29) is 33.6 Å². The van der Waals surface area contributed by atoms with Gasteiger partial charge in [-0.3, -0.25) is 0 Å². The van der Waals surface area contributed by atoms with Crippen molar-refractivity contribution < 1.29 is 33.6 Å². The predicted molar refractivity (Wildman–Crippen MR) is 494 cm³/mol. The molecular formula is C76H76B4Co2N24P12. The van der Waals surface area contributed by atoms with Gasteiger partial charge in [0.15, 0.2) is 0 Å². The van der Waals surface area contributed by atoms with Gasteiger partial charge in [0.25, 0.3) is 0 Å². The third kappa shape index (κ3) is 21.6. The molecule has 0 aliphatic heterocycles. The number of nitrogens with zero attached hydrogens (tertiary/aromatic N) is 24. The van der Waals surface area contributed by atoms with E-state index in [2.05, 4.69) is 257 Å². The van der Waals surface area contributed by atoms with E-state index >= 15 is 0 Å². The summed E-state index contributed by atoms with van der Waals surface area (Å²) in [6.45, 7) is 1.91. The molecule has 0 spiro atoms. The molecular weight excluding hydrogens is 1780 g/mol. The second-order valence-corrected chi connectivity index (χ2v) is 34.8. The zero-order valence-corrected chi connectivity index (χ0v) is 76.8. The van der Waals surface area contributed by atoms with Crippen LogP contribution >= 0.6 is 98.3 Å². The molecule has 12 heterocycles. The first-order valence-electron chi connectivity index (χ1n) is 36.3. The Morgan fingerprint density at radius 3 is 0.339 bits per heavy atom. The van der Waals surface area contributed by atoms with Crippen LogP contribution in [0.5, 0.6) is 0 Å². The van der Waals surface area contributed by atoms with Crippen molar-refractivity contribution in [3.63, 3.8) is 0 Å². The largest absolute Gasteiger partial charge is 2.00 e. The van der Waals surface area contributed by atoms with Crippen LogP contribution in [-0.2, 0) is 33.6 Å². The predicted octanol–water partition coefficient (Wildman–Crippen LogP) is 19.2. The third-order valence-corrected chi connectivity index (χ3v) is 25.7. The van der Waals surface area contributed by atoms with Crippen molar-refractivity contribution >= 4 is 146 Å². The summed E-state index contributed by atoms with van der Waals surface area (Å²) in [5.41, 5.74) is 9.75. The van der Waals surface area contributed by atoms with Crippen molar-refractivity contribution in [2.24, 2.45) is 0 Å². The minimum absolute atomic E-state index is 0. The topological polar surface area (TPSA) is 214 Å². The zero-order chi connectivity index (χ0) is 79.8.